The maximum atomic E-state index is 11.9. The van der Waals surface area contributed by atoms with Crippen LogP contribution in [0.3, 0.4) is 0 Å². The average molecular weight is 229 g/mol. The van der Waals surface area contributed by atoms with Gasteiger partial charge >= 0.3 is 12.0 Å². The number of carboxylic acid groups (broad SMARTS) is 1. The molecular weight excluding hydrogens is 210 g/mol. The number of hydrogen-bond acceptors (Lipinski definition) is 3. The molecule has 1 heterocycles. The number of aliphatic carboxylic acids is 1. The lowest BCUT2D eigenvalue weighted by atomic mass is 10.3. The number of carbonyl (C=O) groups excluding carboxylic acids is 1. The smallest absolute Gasteiger partial charge is 0.323 e. The second kappa shape index (κ2) is 5.69. The topological polar surface area (TPSA) is 64.1 Å². The molecule has 0 atom stereocenters. The summed E-state index contributed by atoms with van der Waals surface area (Å²) in [5.74, 6) is -0.968. The second-order valence-electron chi connectivity index (χ2n) is 3.98. The van der Waals surface area contributed by atoms with E-state index < -0.39 is 5.97 Å². The molecule has 0 aromatic carbocycles. The predicted molar refractivity (Wildman–Crippen MR) is 59.3 cm³/mol. The van der Waals surface area contributed by atoms with Crippen molar-refractivity contribution in [2.75, 3.05) is 46.3 Å². The number of amides is 2. The van der Waals surface area contributed by atoms with Crippen LogP contribution < -0.4 is 0 Å². The third-order valence-electron chi connectivity index (χ3n) is 2.75. The van der Waals surface area contributed by atoms with Gasteiger partial charge in [-0.25, -0.2) is 4.79 Å². The maximum absolute atomic E-state index is 11.9. The van der Waals surface area contributed by atoms with Gasteiger partial charge in [0.05, 0.1) is 0 Å². The van der Waals surface area contributed by atoms with Gasteiger partial charge in [-0.3, -0.25) is 4.79 Å². The first-order chi connectivity index (χ1) is 7.54. The Kier molecular flexibility index (Phi) is 4.54. The Hall–Kier alpha value is -1.30. The molecule has 0 aliphatic carbocycles. The zero-order valence-corrected chi connectivity index (χ0v) is 9.85. The normalized spacial score (nSPS) is 17.2. The highest BCUT2D eigenvalue weighted by molar-refractivity contribution is 5.80. The zero-order valence-electron chi connectivity index (χ0n) is 9.85. The first-order valence-corrected chi connectivity index (χ1v) is 5.48. The summed E-state index contributed by atoms with van der Waals surface area (Å²) in [6.45, 7) is 5.03. The van der Waals surface area contributed by atoms with Crippen LogP contribution in [0.15, 0.2) is 0 Å². The van der Waals surface area contributed by atoms with Crippen molar-refractivity contribution in [1.29, 1.82) is 0 Å². The van der Waals surface area contributed by atoms with Gasteiger partial charge in [0.1, 0.15) is 6.54 Å². The fourth-order valence-corrected chi connectivity index (χ4v) is 1.68. The van der Waals surface area contributed by atoms with Gasteiger partial charge in [-0.15, -0.1) is 0 Å². The van der Waals surface area contributed by atoms with Crippen molar-refractivity contribution in [3.63, 3.8) is 0 Å². The van der Waals surface area contributed by atoms with E-state index in [1.54, 1.807) is 11.8 Å². The summed E-state index contributed by atoms with van der Waals surface area (Å²) < 4.78 is 0. The van der Waals surface area contributed by atoms with Crippen molar-refractivity contribution in [1.82, 2.24) is 14.7 Å². The zero-order chi connectivity index (χ0) is 12.1. The predicted octanol–water partition coefficient (Wildman–Crippen LogP) is -0.240. The van der Waals surface area contributed by atoms with Crippen LogP contribution in [-0.2, 0) is 4.79 Å². The highest BCUT2D eigenvalue weighted by Gasteiger charge is 2.24. The number of urea groups is 1. The first kappa shape index (κ1) is 12.8. The molecule has 0 aromatic rings. The number of likely N-dealkylation sites (N-methyl/N-ethyl adjacent to an activating group) is 2. The van der Waals surface area contributed by atoms with E-state index in [1.807, 2.05) is 7.05 Å². The van der Waals surface area contributed by atoms with E-state index >= 15 is 0 Å². The molecule has 92 valence electrons. The van der Waals surface area contributed by atoms with Crippen LogP contribution in [-0.4, -0.2) is 78.1 Å². The van der Waals surface area contributed by atoms with Gasteiger partial charge in [-0.1, -0.05) is 0 Å². The quantitative estimate of drug-likeness (QED) is 0.725. The van der Waals surface area contributed by atoms with E-state index in [0.717, 1.165) is 13.1 Å². The Labute approximate surface area is 95.4 Å². The molecule has 0 saturated carbocycles. The van der Waals surface area contributed by atoms with Crippen LogP contribution >= 0.6 is 0 Å². The monoisotopic (exact) mass is 229 g/mol. The van der Waals surface area contributed by atoms with Crippen molar-refractivity contribution in [3.05, 3.63) is 0 Å². The Morgan fingerprint density at radius 1 is 1.25 bits per heavy atom. The van der Waals surface area contributed by atoms with Gasteiger partial charge in [-0.2, -0.15) is 0 Å². The number of carboxylic acids is 1. The second-order valence-corrected chi connectivity index (χ2v) is 3.98. The summed E-state index contributed by atoms with van der Waals surface area (Å²) in [5, 5.41) is 8.68. The average Bonchev–Trinajstić information content (AvgIpc) is 2.25. The summed E-state index contributed by atoms with van der Waals surface area (Å²) >= 11 is 0. The minimum Gasteiger partial charge on any atom is -0.480 e. The van der Waals surface area contributed by atoms with Crippen LogP contribution in [0.2, 0.25) is 0 Å². The van der Waals surface area contributed by atoms with Gasteiger partial charge in [0.25, 0.3) is 0 Å². The van der Waals surface area contributed by atoms with Crippen LogP contribution in [0.1, 0.15) is 6.92 Å². The molecule has 0 unspecified atom stereocenters. The molecule has 16 heavy (non-hydrogen) atoms. The molecule has 6 nitrogen and oxygen atoms in total. The molecule has 0 aromatic heterocycles. The number of piperazine rings is 1. The van der Waals surface area contributed by atoms with Crippen LogP contribution in [0, 0.1) is 0 Å². The summed E-state index contributed by atoms with van der Waals surface area (Å²) in [6, 6.07) is -0.169. The van der Waals surface area contributed by atoms with Gasteiger partial charge < -0.3 is 19.8 Å². The summed E-state index contributed by atoms with van der Waals surface area (Å²) in [7, 11) is 2.01. The van der Waals surface area contributed by atoms with Crippen LogP contribution in [0.4, 0.5) is 4.79 Å². The highest BCUT2D eigenvalue weighted by Crippen LogP contribution is 2.04. The van der Waals surface area contributed by atoms with E-state index in [1.165, 1.54) is 4.90 Å². The molecule has 1 aliphatic rings. The van der Waals surface area contributed by atoms with Gasteiger partial charge in [0.2, 0.25) is 0 Å². The van der Waals surface area contributed by atoms with E-state index in [9.17, 15) is 9.59 Å². The first-order valence-electron chi connectivity index (χ1n) is 5.48. The van der Waals surface area contributed by atoms with Crippen molar-refractivity contribution < 1.29 is 14.7 Å². The Balaban J connectivity index is 2.51. The molecule has 0 spiro atoms. The maximum Gasteiger partial charge on any atom is 0.323 e. The number of rotatable bonds is 3. The summed E-state index contributed by atoms with van der Waals surface area (Å²) in [4.78, 5) is 27.7. The highest BCUT2D eigenvalue weighted by atomic mass is 16.4. The van der Waals surface area contributed by atoms with E-state index in [2.05, 4.69) is 4.90 Å². The Bertz CT molecular complexity index is 262. The number of hydrogen-bond donors (Lipinski definition) is 1. The Morgan fingerprint density at radius 2 is 1.81 bits per heavy atom. The fraction of sp³-hybridized carbons (Fsp3) is 0.800. The molecule has 1 rings (SSSR count). The fourth-order valence-electron chi connectivity index (χ4n) is 1.68. The summed E-state index contributed by atoms with van der Waals surface area (Å²) in [6.07, 6.45) is 0. The summed E-state index contributed by atoms with van der Waals surface area (Å²) in [5.41, 5.74) is 0. The molecule has 1 aliphatic heterocycles. The SMILES string of the molecule is CCN(CC(=O)O)C(=O)N1CCN(C)CC1. The van der Waals surface area contributed by atoms with Crippen LogP contribution in [0.5, 0.6) is 0 Å². The molecule has 2 amide bonds. The number of carbonyl (C=O) groups is 2. The Morgan fingerprint density at radius 3 is 2.25 bits per heavy atom. The molecule has 1 saturated heterocycles. The lowest BCUT2D eigenvalue weighted by Gasteiger charge is -2.35. The molecule has 1 fully saturated rings. The van der Waals surface area contributed by atoms with Crippen molar-refractivity contribution >= 4 is 12.0 Å². The largest absolute Gasteiger partial charge is 0.480 e. The van der Waals surface area contributed by atoms with Crippen molar-refractivity contribution in [2.24, 2.45) is 0 Å². The lowest BCUT2D eigenvalue weighted by Crippen LogP contribution is -2.52. The van der Waals surface area contributed by atoms with Crippen molar-refractivity contribution in [3.8, 4) is 0 Å². The van der Waals surface area contributed by atoms with Crippen molar-refractivity contribution in [2.45, 2.75) is 6.92 Å². The van der Waals surface area contributed by atoms with E-state index in [4.69, 9.17) is 5.11 Å². The van der Waals surface area contributed by atoms with Gasteiger partial charge in [-0.05, 0) is 14.0 Å². The molecule has 6 heteroatoms. The lowest BCUT2D eigenvalue weighted by molar-refractivity contribution is -0.137. The minimum absolute atomic E-state index is 0.169. The van der Waals surface area contributed by atoms with Gasteiger partial charge in [0, 0.05) is 32.7 Å². The molecule has 0 radical (unpaired) electrons. The standard InChI is InChI=1S/C10H19N3O3/c1-3-12(8-9(14)15)10(16)13-6-4-11(2)5-7-13/h3-8H2,1-2H3,(H,14,15). The molecular formula is C10H19N3O3. The third kappa shape index (κ3) is 3.37. The minimum atomic E-state index is -0.968. The van der Waals surface area contributed by atoms with E-state index in [-0.39, 0.29) is 12.6 Å². The molecule has 0 bridgehead atoms. The van der Waals surface area contributed by atoms with Gasteiger partial charge in [0.15, 0.2) is 0 Å². The third-order valence-corrected chi connectivity index (χ3v) is 2.75. The number of nitrogens with zero attached hydrogens (tertiary/aromatic N) is 3. The van der Waals surface area contributed by atoms with E-state index in [0.29, 0.717) is 19.6 Å². The van der Waals surface area contributed by atoms with Crippen LogP contribution in [0.25, 0.3) is 0 Å². The molecule has 1 N–H and O–H groups in total.